The van der Waals surface area contributed by atoms with Gasteiger partial charge in [-0.1, -0.05) is 18.9 Å². The van der Waals surface area contributed by atoms with E-state index >= 15 is 0 Å². The van der Waals surface area contributed by atoms with Gasteiger partial charge in [-0.3, -0.25) is 4.79 Å². The van der Waals surface area contributed by atoms with Gasteiger partial charge in [0.25, 0.3) is 5.91 Å². The Kier molecular flexibility index (Phi) is 5.08. The molecular formula is C19H24N4O. The molecule has 5 nitrogen and oxygen atoms in total. The molecule has 1 aliphatic rings. The largest absolute Gasteiger partial charge is 0.355 e. The van der Waals surface area contributed by atoms with Crippen molar-refractivity contribution in [1.29, 1.82) is 0 Å². The predicted octanol–water partition coefficient (Wildman–Crippen LogP) is 3.73. The second kappa shape index (κ2) is 7.43. The molecule has 24 heavy (non-hydrogen) atoms. The molecule has 1 amide bonds. The van der Waals surface area contributed by atoms with E-state index in [0.29, 0.717) is 5.69 Å². The van der Waals surface area contributed by atoms with Crippen LogP contribution in [-0.2, 0) is 0 Å². The molecule has 2 aromatic rings. The highest BCUT2D eigenvalue weighted by Crippen LogP contribution is 2.18. The standard InChI is InChI=1S/C19H24N4O/c1-14-7-8-16(13-15(14)2)20-19(24)17-9-10-18(22-21-17)23-11-5-3-4-6-12-23/h7-10,13H,3-6,11-12H2,1-2H3,(H,20,24). The number of carbonyl (C=O) groups excluding carboxylic acids is 1. The van der Waals surface area contributed by atoms with Crippen molar-refractivity contribution in [3.05, 3.63) is 47.2 Å². The second-order valence-electron chi connectivity index (χ2n) is 6.43. The predicted molar refractivity (Wildman–Crippen MR) is 96.6 cm³/mol. The van der Waals surface area contributed by atoms with Gasteiger partial charge >= 0.3 is 0 Å². The number of benzene rings is 1. The zero-order valence-electron chi connectivity index (χ0n) is 14.4. The van der Waals surface area contributed by atoms with Crippen LogP contribution in [0.5, 0.6) is 0 Å². The Morgan fingerprint density at radius 2 is 1.71 bits per heavy atom. The molecule has 0 saturated carbocycles. The van der Waals surface area contributed by atoms with Crippen LogP contribution in [0, 0.1) is 13.8 Å². The maximum Gasteiger partial charge on any atom is 0.276 e. The lowest BCUT2D eigenvalue weighted by molar-refractivity contribution is 0.102. The molecule has 1 aromatic heterocycles. The molecule has 2 heterocycles. The number of hydrogen-bond acceptors (Lipinski definition) is 4. The van der Waals surface area contributed by atoms with Crippen molar-refractivity contribution in [2.45, 2.75) is 39.5 Å². The molecule has 1 fully saturated rings. The van der Waals surface area contributed by atoms with E-state index in [4.69, 9.17) is 0 Å². The minimum absolute atomic E-state index is 0.229. The van der Waals surface area contributed by atoms with Crippen molar-refractivity contribution in [3.63, 3.8) is 0 Å². The van der Waals surface area contributed by atoms with Crippen molar-refractivity contribution < 1.29 is 4.79 Å². The summed E-state index contributed by atoms with van der Waals surface area (Å²) in [7, 11) is 0. The summed E-state index contributed by atoms with van der Waals surface area (Å²) in [5.74, 6) is 0.632. The normalized spacial score (nSPS) is 15.0. The molecule has 0 radical (unpaired) electrons. The lowest BCUT2D eigenvalue weighted by Crippen LogP contribution is -2.25. The first kappa shape index (κ1) is 16.4. The highest BCUT2D eigenvalue weighted by Gasteiger charge is 2.14. The molecule has 126 valence electrons. The third-order valence-electron chi connectivity index (χ3n) is 4.58. The Labute approximate surface area is 143 Å². The second-order valence-corrected chi connectivity index (χ2v) is 6.43. The molecule has 1 N–H and O–H groups in total. The minimum Gasteiger partial charge on any atom is -0.355 e. The van der Waals surface area contributed by atoms with Gasteiger partial charge in [0.15, 0.2) is 11.5 Å². The Hall–Kier alpha value is -2.43. The van der Waals surface area contributed by atoms with Crippen LogP contribution in [0.4, 0.5) is 11.5 Å². The molecule has 1 saturated heterocycles. The first-order valence-corrected chi connectivity index (χ1v) is 8.61. The van der Waals surface area contributed by atoms with Gasteiger partial charge < -0.3 is 10.2 Å². The van der Waals surface area contributed by atoms with Gasteiger partial charge in [0, 0.05) is 18.8 Å². The molecule has 3 rings (SSSR count). The third-order valence-corrected chi connectivity index (χ3v) is 4.58. The average molecular weight is 324 g/mol. The topological polar surface area (TPSA) is 58.1 Å². The Bertz CT molecular complexity index is 704. The van der Waals surface area contributed by atoms with Crippen LogP contribution >= 0.6 is 0 Å². The van der Waals surface area contributed by atoms with Gasteiger partial charge in [-0.15, -0.1) is 10.2 Å². The van der Waals surface area contributed by atoms with Crippen LogP contribution in [0.15, 0.2) is 30.3 Å². The van der Waals surface area contributed by atoms with Crippen molar-refractivity contribution in [3.8, 4) is 0 Å². The van der Waals surface area contributed by atoms with E-state index in [0.717, 1.165) is 30.2 Å². The number of anilines is 2. The van der Waals surface area contributed by atoms with Gasteiger partial charge in [-0.25, -0.2) is 0 Å². The highest BCUT2D eigenvalue weighted by atomic mass is 16.1. The summed E-state index contributed by atoms with van der Waals surface area (Å²) in [5.41, 5.74) is 3.47. The fraction of sp³-hybridized carbons (Fsp3) is 0.421. The Morgan fingerprint density at radius 3 is 2.33 bits per heavy atom. The highest BCUT2D eigenvalue weighted by molar-refractivity contribution is 6.02. The number of carbonyl (C=O) groups is 1. The maximum absolute atomic E-state index is 12.3. The number of aromatic nitrogens is 2. The van der Waals surface area contributed by atoms with Crippen LogP contribution < -0.4 is 10.2 Å². The molecule has 1 aliphatic heterocycles. The number of amides is 1. The molecule has 0 atom stereocenters. The van der Waals surface area contributed by atoms with Crippen LogP contribution in [0.2, 0.25) is 0 Å². The van der Waals surface area contributed by atoms with Crippen molar-refractivity contribution in [2.75, 3.05) is 23.3 Å². The van der Waals surface area contributed by atoms with Gasteiger partial charge in [-0.2, -0.15) is 0 Å². The van der Waals surface area contributed by atoms with E-state index in [1.165, 1.54) is 31.2 Å². The summed E-state index contributed by atoms with van der Waals surface area (Å²) in [6.45, 7) is 6.11. The quantitative estimate of drug-likeness (QED) is 0.934. The van der Waals surface area contributed by atoms with Crippen LogP contribution in [0.25, 0.3) is 0 Å². The molecular weight excluding hydrogens is 300 g/mol. The fourth-order valence-electron chi connectivity index (χ4n) is 2.93. The Morgan fingerprint density at radius 1 is 0.958 bits per heavy atom. The van der Waals surface area contributed by atoms with Crippen LogP contribution in [0.1, 0.15) is 47.3 Å². The first-order chi connectivity index (χ1) is 11.6. The van der Waals surface area contributed by atoms with Crippen LogP contribution in [0.3, 0.4) is 0 Å². The molecule has 0 aliphatic carbocycles. The summed E-state index contributed by atoms with van der Waals surface area (Å²) in [5, 5.41) is 11.3. The van der Waals surface area contributed by atoms with Crippen LogP contribution in [-0.4, -0.2) is 29.2 Å². The zero-order chi connectivity index (χ0) is 16.9. The van der Waals surface area contributed by atoms with Crippen molar-refractivity contribution >= 4 is 17.4 Å². The number of aryl methyl sites for hydroxylation is 2. The van der Waals surface area contributed by atoms with Crippen molar-refractivity contribution in [2.24, 2.45) is 0 Å². The van der Waals surface area contributed by atoms with Gasteiger partial charge in [0.2, 0.25) is 0 Å². The van der Waals surface area contributed by atoms with E-state index in [1.54, 1.807) is 6.07 Å². The smallest absolute Gasteiger partial charge is 0.276 e. The summed E-state index contributed by atoms with van der Waals surface area (Å²) >= 11 is 0. The molecule has 0 unspecified atom stereocenters. The number of nitrogens with one attached hydrogen (secondary N) is 1. The SMILES string of the molecule is Cc1ccc(NC(=O)c2ccc(N3CCCCCC3)nn2)cc1C. The molecule has 1 aromatic carbocycles. The lowest BCUT2D eigenvalue weighted by Gasteiger charge is -2.20. The van der Waals surface area contributed by atoms with E-state index in [2.05, 4.69) is 20.4 Å². The maximum atomic E-state index is 12.3. The fourth-order valence-corrected chi connectivity index (χ4v) is 2.93. The van der Waals surface area contributed by atoms with E-state index in [9.17, 15) is 4.79 Å². The van der Waals surface area contributed by atoms with E-state index in [-0.39, 0.29) is 5.91 Å². The summed E-state index contributed by atoms with van der Waals surface area (Å²) in [6.07, 6.45) is 4.94. The van der Waals surface area contributed by atoms with Gasteiger partial charge in [0.1, 0.15) is 0 Å². The van der Waals surface area contributed by atoms with E-state index < -0.39 is 0 Å². The minimum atomic E-state index is -0.229. The average Bonchev–Trinajstić information content (AvgIpc) is 2.88. The molecule has 5 heteroatoms. The van der Waals surface area contributed by atoms with Crippen molar-refractivity contribution in [1.82, 2.24) is 10.2 Å². The molecule has 0 bridgehead atoms. The first-order valence-electron chi connectivity index (χ1n) is 8.61. The summed E-state index contributed by atoms with van der Waals surface area (Å²) in [4.78, 5) is 14.6. The number of rotatable bonds is 3. The number of hydrogen-bond donors (Lipinski definition) is 1. The number of nitrogens with zero attached hydrogens (tertiary/aromatic N) is 3. The Balaban J connectivity index is 1.68. The lowest BCUT2D eigenvalue weighted by atomic mass is 10.1. The monoisotopic (exact) mass is 324 g/mol. The van der Waals surface area contributed by atoms with Gasteiger partial charge in [-0.05, 0) is 62.1 Å². The van der Waals surface area contributed by atoms with Gasteiger partial charge in [0.05, 0.1) is 0 Å². The van der Waals surface area contributed by atoms with E-state index in [1.807, 2.05) is 38.1 Å². The molecule has 0 spiro atoms. The summed E-state index contributed by atoms with van der Waals surface area (Å²) in [6, 6.07) is 9.52. The summed E-state index contributed by atoms with van der Waals surface area (Å²) < 4.78 is 0. The zero-order valence-corrected chi connectivity index (χ0v) is 14.4. The third kappa shape index (κ3) is 3.91.